The number of hydrogen-bond acceptors (Lipinski definition) is 2. The quantitative estimate of drug-likeness (QED) is 0.0673. The molecule has 0 heterocycles. The Bertz CT molecular complexity index is 2200. The van der Waals surface area contributed by atoms with Gasteiger partial charge in [-0.1, -0.05) is 150 Å². The molecular weight excluding hydrogens is 781 g/mol. The molecule has 62 heavy (non-hydrogen) atoms. The summed E-state index contributed by atoms with van der Waals surface area (Å²) in [4.78, 5) is 0. The van der Waals surface area contributed by atoms with Crippen LogP contribution < -0.4 is 9.47 Å². The molecule has 0 N–H and O–H groups in total. The lowest BCUT2D eigenvalue weighted by atomic mass is 9.77. The number of fused-ring (bicyclic) bond motifs is 2. The number of ether oxygens (including phenoxy) is 2. The summed E-state index contributed by atoms with van der Waals surface area (Å²) in [5, 5.41) is 2.66. The van der Waals surface area contributed by atoms with Crippen LogP contribution in [0.4, 0.5) is 17.6 Å². The third-order valence-corrected chi connectivity index (χ3v) is 14.1. The molecule has 0 amide bonds. The fourth-order valence-electron chi connectivity index (χ4n) is 10.4. The molecule has 2 saturated carbocycles. The Labute approximate surface area is 366 Å². The molecule has 6 aromatic carbocycles. The van der Waals surface area contributed by atoms with Crippen molar-refractivity contribution in [3.05, 3.63) is 144 Å². The minimum atomic E-state index is -3.72. The van der Waals surface area contributed by atoms with Crippen LogP contribution in [0, 0.1) is 11.8 Å². The highest BCUT2D eigenvalue weighted by Crippen LogP contribution is 2.50. The Morgan fingerprint density at radius 3 is 1.18 bits per heavy atom. The predicted molar refractivity (Wildman–Crippen MR) is 246 cm³/mol. The maximum Gasteiger partial charge on any atom is 0.426 e. The average molecular weight is 843 g/mol. The zero-order valence-corrected chi connectivity index (χ0v) is 36.5. The van der Waals surface area contributed by atoms with E-state index in [1.54, 1.807) is 12.1 Å². The van der Waals surface area contributed by atoms with Crippen LogP contribution in [0.25, 0.3) is 32.7 Å². The van der Waals surface area contributed by atoms with Gasteiger partial charge in [0.05, 0.1) is 11.1 Å². The topological polar surface area (TPSA) is 18.5 Å². The first-order chi connectivity index (χ1) is 30.1. The van der Waals surface area contributed by atoms with E-state index in [2.05, 4.69) is 13.8 Å². The minimum Gasteiger partial charge on any atom is -0.428 e. The minimum absolute atomic E-state index is 0.131. The van der Waals surface area contributed by atoms with E-state index in [0.29, 0.717) is 22.6 Å². The van der Waals surface area contributed by atoms with E-state index >= 15 is 17.6 Å². The van der Waals surface area contributed by atoms with Crippen molar-refractivity contribution in [3.63, 3.8) is 0 Å². The van der Waals surface area contributed by atoms with Gasteiger partial charge in [0.25, 0.3) is 0 Å². The number of unbranched alkanes of at least 4 members (excludes halogenated alkanes) is 4. The maximum absolute atomic E-state index is 16.5. The fourth-order valence-corrected chi connectivity index (χ4v) is 10.4. The molecule has 0 unspecified atom stereocenters. The molecule has 6 aromatic rings. The van der Waals surface area contributed by atoms with Gasteiger partial charge in [-0.3, -0.25) is 0 Å². The summed E-state index contributed by atoms with van der Waals surface area (Å²) in [5.41, 5.74) is 2.15. The van der Waals surface area contributed by atoms with Gasteiger partial charge in [0.1, 0.15) is 11.5 Å². The van der Waals surface area contributed by atoms with E-state index in [4.69, 9.17) is 9.47 Å². The Hall–Kier alpha value is -4.84. The summed E-state index contributed by atoms with van der Waals surface area (Å²) in [7, 11) is 0. The summed E-state index contributed by atoms with van der Waals surface area (Å²) >= 11 is 0. The van der Waals surface area contributed by atoms with E-state index in [1.165, 1.54) is 113 Å². The van der Waals surface area contributed by atoms with Crippen LogP contribution in [0.1, 0.15) is 151 Å². The fraction of sp³-hybridized carbons (Fsp3) is 0.429. The first kappa shape index (κ1) is 43.8. The van der Waals surface area contributed by atoms with Crippen molar-refractivity contribution in [2.75, 3.05) is 0 Å². The molecule has 0 spiro atoms. The van der Waals surface area contributed by atoms with Crippen LogP contribution >= 0.6 is 0 Å². The van der Waals surface area contributed by atoms with Crippen molar-refractivity contribution in [1.82, 2.24) is 0 Å². The van der Waals surface area contributed by atoms with Gasteiger partial charge in [-0.25, -0.2) is 0 Å². The van der Waals surface area contributed by atoms with Gasteiger partial charge in [-0.05, 0) is 144 Å². The molecule has 0 atom stereocenters. The molecule has 8 rings (SSSR count). The lowest BCUT2D eigenvalue weighted by molar-refractivity contribution is -0.186. The largest absolute Gasteiger partial charge is 0.428 e. The Kier molecular flexibility index (Phi) is 13.9. The Balaban J connectivity index is 1.07. The van der Waals surface area contributed by atoms with Crippen molar-refractivity contribution >= 4 is 21.5 Å². The second kappa shape index (κ2) is 19.7. The van der Waals surface area contributed by atoms with Gasteiger partial charge in [-0.15, -0.1) is 0 Å². The van der Waals surface area contributed by atoms with Crippen molar-refractivity contribution in [2.45, 2.75) is 141 Å². The number of alkyl halides is 4. The lowest BCUT2D eigenvalue weighted by Gasteiger charge is -2.29. The molecule has 2 fully saturated rings. The van der Waals surface area contributed by atoms with Crippen LogP contribution in [0.15, 0.2) is 121 Å². The summed E-state index contributed by atoms with van der Waals surface area (Å²) in [6.45, 7) is 4.47. The third kappa shape index (κ3) is 10.0. The zero-order valence-electron chi connectivity index (χ0n) is 36.5. The van der Waals surface area contributed by atoms with Crippen LogP contribution in [-0.2, 0) is 12.2 Å². The van der Waals surface area contributed by atoms with E-state index < -0.39 is 12.2 Å². The lowest BCUT2D eigenvalue weighted by Crippen LogP contribution is -2.23. The van der Waals surface area contributed by atoms with Gasteiger partial charge in [0, 0.05) is 11.1 Å². The van der Waals surface area contributed by atoms with E-state index in [9.17, 15) is 0 Å². The van der Waals surface area contributed by atoms with E-state index in [1.807, 2.05) is 72.8 Å². The zero-order chi connectivity index (χ0) is 43.1. The molecule has 326 valence electrons. The van der Waals surface area contributed by atoms with Crippen molar-refractivity contribution in [1.29, 1.82) is 0 Å². The summed E-state index contributed by atoms with van der Waals surface area (Å²) in [5.74, 6) is 1.98. The van der Waals surface area contributed by atoms with Crippen molar-refractivity contribution < 1.29 is 27.0 Å². The SMILES string of the molecule is CCCCCC1CCC(c2ccc(C(F)(F)Oc3ccc4ccccc4c3-c3c(OC(F)(F)c4ccc([C@H]5CC[C@H](CCCCC)CC5)cc4)ccc4ccccc34)cc2)CC1. The molecule has 0 radical (unpaired) electrons. The number of hydrogen-bond donors (Lipinski definition) is 0. The molecule has 2 aliphatic rings. The smallest absolute Gasteiger partial charge is 0.426 e. The molecule has 0 aromatic heterocycles. The number of halogens is 4. The van der Waals surface area contributed by atoms with Gasteiger partial charge in [0.15, 0.2) is 0 Å². The van der Waals surface area contributed by atoms with Crippen molar-refractivity contribution in [2.24, 2.45) is 11.8 Å². The molecular formula is C56H62F4O2. The van der Waals surface area contributed by atoms with Gasteiger partial charge >= 0.3 is 12.2 Å². The number of rotatable bonds is 17. The van der Waals surface area contributed by atoms with Crippen molar-refractivity contribution in [3.8, 4) is 22.6 Å². The molecule has 0 saturated heterocycles. The van der Waals surface area contributed by atoms with Crippen LogP contribution in [0.5, 0.6) is 11.5 Å². The molecule has 6 heteroatoms. The molecule has 2 aliphatic carbocycles. The van der Waals surface area contributed by atoms with E-state index in [0.717, 1.165) is 59.4 Å². The summed E-state index contributed by atoms with van der Waals surface area (Å²) in [6, 6.07) is 34.4. The molecule has 0 aliphatic heterocycles. The van der Waals surface area contributed by atoms with E-state index in [-0.39, 0.29) is 33.8 Å². The second-order valence-electron chi connectivity index (χ2n) is 18.2. The van der Waals surface area contributed by atoms with Gasteiger partial charge < -0.3 is 9.47 Å². The monoisotopic (exact) mass is 842 g/mol. The Morgan fingerprint density at radius 1 is 0.435 bits per heavy atom. The first-order valence-corrected chi connectivity index (χ1v) is 23.5. The van der Waals surface area contributed by atoms with Gasteiger partial charge in [0.2, 0.25) is 0 Å². The van der Waals surface area contributed by atoms with Crippen LogP contribution in [0.3, 0.4) is 0 Å². The average Bonchev–Trinajstić information content (AvgIpc) is 3.30. The molecule has 2 nitrogen and oxygen atoms in total. The predicted octanol–water partition coefficient (Wildman–Crippen LogP) is 17.6. The maximum atomic E-state index is 16.5. The first-order valence-electron chi connectivity index (χ1n) is 23.5. The highest BCUT2D eigenvalue weighted by molar-refractivity contribution is 6.09. The summed E-state index contributed by atoms with van der Waals surface area (Å²) in [6.07, 6.45) is 11.7. The third-order valence-electron chi connectivity index (χ3n) is 14.1. The second-order valence-corrected chi connectivity index (χ2v) is 18.2. The summed E-state index contributed by atoms with van der Waals surface area (Å²) < 4.78 is 77.5. The normalized spacial score (nSPS) is 19.8. The van der Waals surface area contributed by atoms with Crippen LogP contribution in [-0.4, -0.2) is 0 Å². The Morgan fingerprint density at radius 2 is 0.806 bits per heavy atom. The molecule has 0 bridgehead atoms. The highest BCUT2D eigenvalue weighted by Gasteiger charge is 2.39. The standard InChI is InChI=1S/C56H62F4O2/c1-3-5-7-13-39-19-23-41(24-20-39)43-27-33-47(34-28-43)55(57,58)61-51-37-31-45-15-9-11-17-49(45)53(51)54-50-18-12-10-16-46(50)32-38-52(54)62-56(59,60)48-35-29-44(30-36-48)42-25-21-40(22-26-42)14-8-6-4-2/h9-12,15-18,27-42H,3-8,13-14,19-26H2,1-2H3/t39-,40?,41-,42?. The highest BCUT2D eigenvalue weighted by atomic mass is 19.3. The van der Waals surface area contributed by atoms with Gasteiger partial charge in [-0.2, -0.15) is 17.6 Å². The van der Waals surface area contributed by atoms with Crippen LogP contribution in [0.2, 0.25) is 0 Å². The number of benzene rings is 6.